The van der Waals surface area contributed by atoms with Crippen LogP contribution in [0.4, 0.5) is 10.3 Å². The number of aliphatic carboxylic acids is 1. The minimum Gasteiger partial charge on any atom is -0.479 e. The minimum atomic E-state index is -0.938. The van der Waals surface area contributed by atoms with E-state index in [1.807, 2.05) is 6.92 Å². The molecule has 1 aromatic rings. The maximum atomic E-state index is 12.8. The van der Waals surface area contributed by atoms with Crippen molar-refractivity contribution in [2.45, 2.75) is 38.1 Å². The van der Waals surface area contributed by atoms with Crippen LogP contribution >= 0.6 is 0 Å². The molecule has 1 unspecified atom stereocenters. The normalized spacial score (nSPS) is 23.3. The number of carboxylic acid groups (broad SMARTS) is 1. The fraction of sp³-hybridized carbons (Fsp3) is 0.583. The second kappa shape index (κ2) is 4.88. The number of halogens is 1. The lowest BCUT2D eigenvalue weighted by Crippen LogP contribution is -2.51. The quantitative estimate of drug-likeness (QED) is 0.886. The van der Waals surface area contributed by atoms with Crippen molar-refractivity contribution in [3.63, 3.8) is 0 Å². The Morgan fingerprint density at radius 3 is 2.78 bits per heavy atom. The summed E-state index contributed by atoms with van der Waals surface area (Å²) >= 11 is 0. The summed E-state index contributed by atoms with van der Waals surface area (Å²) in [6, 6.07) is 0. The Morgan fingerprint density at radius 2 is 2.22 bits per heavy atom. The molecule has 1 aliphatic heterocycles. The summed E-state index contributed by atoms with van der Waals surface area (Å²) in [5, 5.41) is 9.51. The predicted octanol–water partition coefficient (Wildman–Crippen LogP) is 1.84. The largest absolute Gasteiger partial charge is 0.479 e. The Kier molecular flexibility index (Phi) is 3.45. The van der Waals surface area contributed by atoms with E-state index in [-0.39, 0.29) is 0 Å². The predicted molar refractivity (Wildman–Crippen MR) is 63.8 cm³/mol. The van der Waals surface area contributed by atoms with E-state index < -0.39 is 17.3 Å². The Bertz CT molecular complexity index is 437. The van der Waals surface area contributed by atoms with Gasteiger partial charge in [-0.1, -0.05) is 13.3 Å². The van der Waals surface area contributed by atoms with Crippen molar-refractivity contribution in [1.29, 1.82) is 0 Å². The Hall–Kier alpha value is -1.72. The summed E-state index contributed by atoms with van der Waals surface area (Å²) in [5.74, 6) is -1.08. The fourth-order valence-electron chi connectivity index (χ4n) is 2.62. The van der Waals surface area contributed by atoms with Crippen LogP contribution in [-0.2, 0) is 4.79 Å². The van der Waals surface area contributed by atoms with Crippen molar-refractivity contribution in [2.24, 2.45) is 0 Å². The third kappa shape index (κ3) is 2.02. The van der Waals surface area contributed by atoms with Gasteiger partial charge in [-0.05, 0) is 19.3 Å². The second-order valence-corrected chi connectivity index (χ2v) is 4.54. The van der Waals surface area contributed by atoms with E-state index in [1.54, 1.807) is 4.90 Å². The Labute approximate surface area is 105 Å². The smallest absolute Gasteiger partial charge is 0.329 e. The highest BCUT2D eigenvalue weighted by molar-refractivity contribution is 5.83. The van der Waals surface area contributed by atoms with Crippen LogP contribution in [-0.4, -0.2) is 33.1 Å². The summed E-state index contributed by atoms with van der Waals surface area (Å²) in [6.45, 7) is 2.55. The third-order valence-electron chi connectivity index (χ3n) is 3.40. The fourth-order valence-corrected chi connectivity index (χ4v) is 2.62. The van der Waals surface area contributed by atoms with Gasteiger partial charge in [0.1, 0.15) is 5.54 Å². The van der Waals surface area contributed by atoms with Crippen molar-refractivity contribution >= 4 is 11.9 Å². The van der Waals surface area contributed by atoms with Crippen LogP contribution in [0.1, 0.15) is 32.6 Å². The zero-order chi connectivity index (χ0) is 13.2. The van der Waals surface area contributed by atoms with E-state index in [0.29, 0.717) is 25.3 Å². The number of hydrogen-bond acceptors (Lipinski definition) is 4. The number of rotatable bonds is 4. The molecule has 1 aliphatic rings. The summed E-state index contributed by atoms with van der Waals surface area (Å²) < 4.78 is 12.8. The molecular formula is C12H16FN3O2. The van der Waals surface area contributed by atoms with Crippen molar-refractivity contribution < 1.29 is 14.3 Å². The molecule has 0 bridgehead atoms. The highest BCUT2D eigenvalue weighted by atomic mass is 19.1. The van der Waals surface area contributed by atoms with Crippen LogP contribution in [0.25, 0.3) is 0 Å². The minimum absolute atomic E-state index is 0.296. The van der Waals surface area contributed by atoms with Gasteiger partial charge >= 0.3 is 5.97 Å². The molecule has 0 radical (unpaired) electrons. The highest BCUT2D eigenvalue weighted by Crippen LogP contribution is 2.36. The average molecular weight is 253 g/mol. The van der Waals surface area contributed by atoms with Crippen LogP contribution in [0.5, 0.6) is 0 Å². The summed E-state index contributed by atoms with van der Waals surface area (Å²) in [5.41, 5.74) is -0.938. The third-order valence-corrected chi connectivity index (χ3v) is 3.40. The number of hydrogen-bond donors (Lipinski definition) is 1. The van der Waals surface area contributed by atoms with Crippen molar-refractivity contribution in [3.8, 4) is 0 Å². The van der Waals surface area contributed by atoms with Crippen LogP contribution in [0, 0.1) is 5.82 Å². The van der Waals surface area contributed by atoms with Gasteiger partial charge in [-0.3, -0.25) is 0 Å². The molecular weight excluding hydrogens is 237 g/mol. The van der Waals surface area contributed by atoms with E-state index in [0.717, 1.165) is 25.2 Å². The van der Waals surface area contributed by atoms with E-state index >= 15 is 0 Å². The van der Waals surface area contributed by atoms with Gasteiger partial charge in [0.25, 0.3) is 0 Å². The Morgan fingerprint density at radius 1 is 1.56 bits per heavy atom. The molecule has 1 fully saturated rings. The van der Waals surface area contributed by atoms with E-state index in [1.165, 1.54) is 0 Å². The van der Waals surface area contributed by atoms with Gasteiger partial charge in [0.15, 0.2) is 5.82 Å². The first-order valence-electron chi connectivity index (χ1n) is 6.09. The maximum Gasteiger partial charge on any atom is 0.329 e. The van der Waals surface area contributed by atoms with E-state index in [4.69, 9.17) is 0 Å². The molecule has 6 heteroatoms. The van der Waals surface area contributed by atoms with Crippen LogP contribution in [0.3, 0.4) is 0 Å². The van der Waals surface area contributed by atoms with Gasteiger partial charge in [-0.2, -0.15) is 0 Å². The van der Waals surface area contributed by atoms with Gasteiger partial charge in [-0.25, -0.2) is 19.2 Å². The number of carbonyl (C=O) groups is 1. The monoisotopic (exact) mass is 253 g/mol. The van der Waals surface area contributed by atoms with Gasteiger partial charge in [0, 0.05) is 6.54 Å². The van der Waals surface area contributed by atoms with Crippen LogP contribution < -0.4 is 4.90 Å². The first kappa shape index (κ1) is 12.7. The lowest BCUT2D eigenvalue weighted by atomic mass is 9.91. The standard InChI is InChI=1S/C12H16FN3O2/c1-2-4-12(10(17)18)5-3-6-16(12)11-14-7-9(13)8-15-11/h7-8H,2-6H2,1H3,(H,17,18). The van der Waals surface area contributed by atoms with Crippen LogP contribution in [0.2, 0.25) is 0 Å². The zero-order valence-electron chi connectivity index (χ0n) is 10.3. The number of nitrogens with zero attached hydrogens (tertiary/aromatic N) is 3. The number of carboxylic acids is 1. The molecule has 18 heavy (non-hydrogen) atoms. The van der Waals surface area contributed by atoms with Gasteiger partial charge in [-0.15, -0.1) is 0 Å². The lowest BCUT2D eigenvalue weighted by Gasteiger charge is -2.34. The molecule has 1 saturated heterocycles. The summed E-state index contributed by atoms with van der Waals surface area (Å²) in [6.07, 6.45) is 4.81. The molecule has 5 nitrogen and oxygen atoms in total. The topological polar surface area (TPSA) is 66.3 Å². The maximum absolute atomic E-state index is 12.8. The van der Waals surface area contributed by atoms with Gasteiger partial charge < -0.3 is 10.0 Å². The van der Waals surface area contributed by atoms with Gasteiger partial charge in [0.2, 0.25) is 5.95 Å². The molecule has 2 heterocycles. The summed E-state index contributed by atoms with van der Waals surface area (Å²) in [4.78, 5) is 21.1. The molecule has 0 aromatic carbocycles. The second-order valence-electron chi connectivity index (χ2n) is 4.54. The molecule has 1 atom stereocenters. The SMILES string of the molecule is CCCC1(C(=O)O)CCCN1c1ncc(F)cn1. The van der Waals surface area contributed by atoms with Gasteiger partial charge in [0.05, 0.1) is 12.4 Å². The first-order chi connectivity index (χ1) is 8.60. The van der Waals surface area contributed by atoms with Crippen molar-refractivity contribution in [3.05, 3.63) is 18.2 Å². The highest BCUT2D eigenvalue weighted by Gasteiger charge is 2.48. The average Bonchev–Trinajstić information content (AvgIpc) is 2.76. The molecule has 0 saturated carbocycles. The van der Waals surface area contributed by atoms with E-state index in [9.17, 15) is 14.3 Å². The zero-order valence-corrected chi connectivity index (χ0v) is 10.3. The molecule has 1 N–H and O–H groups in total. The Balaban J connectivity index is 2.35. The molecule has 2 rings (SSSR count). The molecule has 1 aromatic heterocycles. The molecule has 0 aliphatic carbocycles. The summed E-state index contributed by atoms with van der Waals surface area (Å²) in [7, 11) is 0. The molecule has 0 amide bonds. The lowest BCUT2D eigenvalue weighted by molar-refractivity contribution is -0.143. The van der Waals surface area contributed by atoms with Crippen molar-refractivity contribution in [1.82, 2.24) is 9.97 Å². The molecule has 0 spiro atoms. The van der Waals surface area contributed by atoms with Crippen molar-refractivity contribution in [2.75, 3.05) is 11.4 Å². The van der Waals surface area contributed by atoms with E-state index in [2.05, 4.69) is 9.97 Å². The molecule has 98 valence electrons. The number of aromatic nitrogens is 2. The number of anilines is 1. The first-order valence-corrected chi connectivity index (χ1v) is 6.09. The van der Waals surface area contributed by atoms with Crippen LogP contribution in [0.15, 0.2) is 12.4 Å².